The van der Waals surface area contributed by atoms with Gasteiger partial charge in [0.1, 0.15) is 5.82 Å². The molecule has 0 radical (unpaired) electrons. The SMILES string of the molecule is Cc1nnc2c3ccccc3c(=O)[nH]n12. The molecule has 5 heteroatoms. The second kappa shape index (κ2) is 2.66. The highest BCUT2D eigenvalue weighted by Gasteiger charge is 2.07. The van der Waals surface area contributed by atoms with Crippen LogP contribution >= 0.6 is 0 Å². The molecule has 0 amide bonds. The van der Waals surface area contributed by atoms with Gasteiger partial charge in [-0.05, 0) is 13.0 Å². The second-order valence-corrected chi connectivity index (χ2v) is 3.39. The van der Waals surface area contributed by atoms with Crippen molar-refractivity contribution in [1.82, 2.24) is 19.8 Å². The maximum absolute atomic E-state index is 11.7. The van der Waals surface area contributed by atoms with Crippen molar-refractivity contribution in [3.63, 3.8) is 0 Å². The number of nitrogens with zero attached hydrogens (tertiary/aromatic N) is 3. The summed E-state index contributed by atoms with van der Waals surface area (Å²) in [6, 6.07) is 7.36. The van der Waals surface area contributed by atoms with Crippen LogP contribution in [-0.2, 0) is 0 Å². The zero-order valence-corrected chi connectivity index (χ0v) is 8.06. The van der Waals surface area contributed by atoms with Crippen LogP contribution in [0, 0.1) is 6.92 Å². The fourth-order valence-electron chi connectivity index (χ4n) is 1.71. The van der Waals surface area contributed by atoms with E-state index < -0.39 is 0 Å². The van der Waals surface area contributed by atoms with Crippen LogP contribution in [0.5, 0.6) is 0 Å². The monoisotopic (exact) mass is 200 g/mol. The number of fused-ring (bicyclic) bond motifs is 3. The zero-order valence-electron chi connectivity index (χ0n) is 8.06. The Hall–Kier alpha value is -2.17. The van der Waals surface area contributed by atoms with Gasteiger partial charge in [-0.2, -0.15) is 0 Å². The first-order valence-corrected chi connectivity index (χ1v) is 4.60. The molecule has 3 rings (SSSR count). The normalized spacial score (nSPS) is 11.3. The summed E-state index contributed by atoms with van der Waals surface area (Å²) in [4.78, 5) is 11.7. The number of aryl methyl sites for hydroxylation is 1. The lowest BCUT2D eigenvalue weighted by Crippen LogP contribution is -2.12. The quantitative estimate of drug-likeness (QED) is 0.586. The third kappa shape index (κ3) is 0.999. The lowest BCUT2D eigenvalue weighted by Gasteiger charge is -1.99. The average Bonchev–Trinajstić information content (AvgIpc) is 2.62. The summed E-state index contributed by atoms with van der Waals surface area (Å²) >= 11 is 0. The largest absolute Gasteiger partial charge is 0.270 e. The maximum atomic E-state index is 11.7. The van der Waals surface area contributed by atoms with Gasteiger partial charge in [0.25, 0.3) is 5.56 Å². The first-order valence-electron chi connectivity index (χ1n) is 4.60. The van der Waals surface area contributed by atoms with E-state index in [0.717, 1.165) is 5.39 Å². The smallest absolute Gasteiger partial charge is 0.267 e. The van der Waals surface area contributed by atoms with E-state index in [-0.39, 0.29) is 5.56 Å². The Morgan fingerprint density at radius 3 is 2.73 bits per heavy atom. The third-order valence-corrected chi connectivity index (χ3v) is 2.45. The summed E-state index contributed by atoms with van der Waals surface area (Å²) in [5, 5.41) is 12.1. The van der Waals surface area contributed by atoms with Crippen LogP contribution in [-0.4, -0.2) is 19.8 Å². The van der Waals surface area contributed by atoms with Crippen molar-refractivity contribution < 1.29 is 0 Å². The van der Waals surface area contributed by atoms with Crippen LogP contribution in [0.1, 0.15) is 5.82 Å². The standard InChI is InChI=1S/C10H8N4O/c1-6-11-12-9-7-4-2-3-5-8(7)10(15)13-14(6)9/h2-5H,1H3,(H,13,15). The molecule has 0 aliphatic rings. The molecule has 0 spiro atoms. The van der Waals surface area contributed by atoms with E-state index in [0.29, 0.717) is 16.9 Å². The number of benzene rings is 1. The molecule has 0 unspecified atom stereocenters. The molecule has 0 saturated heterocycles. The van der Waals surface area contributed by atoms with E-state index >= 15 is 0 Å². The molecule has 3 aromatic rings. The Balaban J connectivity index is 2.71. The molecule has 5 nitrogen and oxygen atoms in total. The first kappa shape index (κ1) is 8.16. The number of H-pyrrole nitrogens is 1. The van der Waals surface area contributed by atoms with Gasteiger partial charge in [0.15, 0.2) is 5.65 Å². The van der Waals surface area contributed by atoms with Crippen molar-refractivity contribution in [2.45, 2.75) is 6.92 Å². The summed E-state index contributed by atoms with van der Waals surface area (Å²) in [5.41, 5.74) is 0.559. The summed E-state index contributed by atoms with van der Waals surface area (Å²) in [6.07, 6.45) is 0. The number of hydrogen-bond donors (Lipinski definition) is 1. The van der Waals surface area contributed by atoms with Crippen LogP contribution in [0.3, 0.4) is 0 Å². The molecular weight excluding hydrogens is 192 g/mol. The molecule has 2 aromatic heterocycles. The van der Waals surface area contributed by atoms with Crippen LogP contribution in [0.2, 0.25) is 0 Å². The van der Waals surface area contributed by atoms with Crippen molar-refractivity contribution >= 4 is 16.4 Å². The molecule has 2 heterocycles. The summed E-state index contributed by atoms with van der Waals surface area (Å²) < 4.78 is 1.60. The predicted octanol–water partition coefficient (Wildman–Crippen LogP) is 0.879. The van der Waals surface area contributed by atoms with Crippen LogP contribution in [0.4, 0.5) is 0 Å². The number of rotatable bonds is 0. The first-order chi connectivity index (χ1) is 7.27. The Labute approximate surface area is 84.4 Å². The summed E-state index contributed by atoms with van der Waals surface area (Å²) in [5.74, 6) is 0.674. The van der Waals surface area contributed by atoms with Crippen molar-refractivity contribution in [1.29, 1.82) is 0 Å². The van der Waals surface area contributed by atoms with Crippen LogP contribution < -0.4 is 5.56 Å². The maximum Gasteiger partial charge on any atom is 0.270 e. The molecule has 0 saturated carbocycles. The Kier molecular flexibility index (Phi) is 1.45. The Morgan fingerprint density at radius 1 is 1.20 bits per heavy atom. The molecule has 0 bridgehead atoms. The van der Waals surface area contributed by atoms with Gasteiger partial charge in [0, 0.05) is 5.39 Å². The van der Waals surface area contributed by atoms with Gasteiger partial charge in [0.05, 0.1) is 5.39 Å². The third-order valence-electron chi connectivity index (χ3n) is 2.45. The van der Waals surface area contributed by atoms with Gasteiger partial charge in [-0.3, -0.25) is 9.89 Å². The minimum atomic E-state index is -0.124. The molecule has 15 heavy (non-hydrogen) atoms. The van der Waals surface area contributed by atoms with Gasteiger partial charge < -0.3 is 0 Å². The molecule has 1 N–H and O–H groups in total. The number of aromatic nitrogens is 4. The molecule has 74 valence electrons. The van der Waals surface area contributed by atoms with E-state index in [9.17, 15) is 4.79 Å². The van der Waals surface area contributed by atoms with Crippen LogP contribution in [0.25, 0.3) is 16.4 Å². The van der Waals surface area contributed by atoms with Gasteiger partial charge in [0.2, 0.25) is 0 Å². The van der Waals surface area contributed by atoms with Crippen LogP contribution in [0.15, 0.2) is 29.1 Å². The van der Waals surface area contributed by atoms with Gasteiger partial charge >= 0.3 is 0 Å². The highest BCUT2D eigenvalue weighted by molar-refractivity contribution is 5.92. The predicted molar refractivity (Wildman–Crippen MR) is 55.9 cm³/mol. The van der Waals surface area contributed by atoms with E-state index in [1.807, 2.05) is 18.2 Å². The van der Waals surface area contributed by atoms with Crippen molar-refractivity contribution in [2.75, 3.05) is 0 Å². The van der Waals surface area contributed by atoms with E-state index in [4.69, 9.17) is 0 Å². The van der Waals surface area contributed by atoms with Gasteiger partial charge in [-0.1, -0.05) is 18.2 Å². The van der Waals surface area contributed by atoms with Gasteiger partial charge in [-0.25, -0.2) is 4.52 Å². The number of hydrogen-bond acceptors (Lipinski definition) is 3. The fraction of sp³-hybridized carbons (Fsp3) is 0.100. The van der Waals surface area contributed by atoms with E-state index in [2.05, 4.69) is 15.3 Å². The minimum absolute atomic E-state index is 0.124. The summed E-state index contributed by atoms with van der Waals surface area (Å²) in [7, 11) is 0. The Bertz CT molecular complexity index is 710. The lowest BCUT2D eigenvalue weighted by atomic mass is 10.2. The topological polar surface area (TPSA) is 63.0 Å². The fourth-order valence-corrected chi connectivity index (χ4v) is 1.71. The molecule has 1 aromatic carbocycles. The number of aromatic amines is 1. The molecular formula is C10H8N4O. The number of nitrogens with one attached hydrogen (secondary N) is 1. The van der Waals surface area contributed by atoms with E-state index in [1.165, 1.54) is 0 Å². The van der Waals surface area contributed by atoms with Crippen molar-refractivity contribution in [2.24, 2.45) is 0 Å². The van der Waals surface area contributed by atoms with Crippen molar-refractivity contribution in [3.05, 3.63) is 40.4 Å². The zero-order chi connectivity index (χ0) is 10.4. The highest BCUT2D eigenvalue weighted by Crippen LogP contribution is 2.13. The van der Waals surface area contributed by atoms with E-state index in [1.54, 1.807) is 17.5 Å². The lowest BCUT2D eigenvalue weighted by molar-refractivity contribution is 0.862. The minimum Gasteiger partial charge on any atom is -0.267 e. The second-order valence-electron chi connectivity index (χ2n) is 3.39. The average molecular weight is 200 g/mol. The molecule has 0 atom stereocenters. The van der Waals surface area contributed by atoms with Crippen molar-refractivity contribution in [3.8, 4) is 0 Å². The molecule has 0 aliphatic heterocycles. The molecule has 0 fully saturated rings. The highest BCUT2D eigenvalue weighted by atomic mass is 16.1. The molecule has 0 aliphatic carbocycles. The summed E-state index contributed by atoms with van der Waals surface area (Å²) in [6.45, 7) is 1.80. The van der Waals surface area contributed by atoms with Gasteiger partial charge in [-0.15, -0.1) is 10.2 Å². The Morgan fingerprint density at radius 2 is 1.93 bits per heavy atom.